The zero-order valence-corrected chi connectivity index (χ0v) is 12.0. The van der Waals surface area contributed by atoms with E-state index in [1.54, 1.807) is 18.3 Å². The highest BCUT2D eigenvalue weighted by Gasteiger charge is 2.20. The van der Waals surface area contributed by atoms with Crippen molar-refractivity contribution in [1.29, 1.82) is 0 Å². The second-order valence-electron chi connectivity index (χ2n) is 4.27. The Balaban J connectivity index is 2.59. The summed E-state index contributed by atoms with van der Waals surface area (Å²) >= 11 is 1.59. The number of carboxylic acids is 1. The summed E-state index contributed by atoms with van der Waals surface area (Å²) in [7, 11) is 0. The molecule has 0 bridgehead atoms. The SMILES string of the molecule is CCCC(NC(=O)NC(CC)C(=O)O)c1cccs1. The van der Waals surface area contributed by atoms with Crippen molar-refractivity contribution in [3.63, 3.8) is 0 Å². The number of amides is 2. The minimum atomic E-state index is -1.01. The number of aliphatic carboxylic acids is 1. The Morgan fingerprint density at radius 1 is 1.37 bits per heavy atom. The van der Waals surface area contributed by atoms with Crippen LogP contribution in [-0.2, 0) is 4.79 Å². The van der Waals surface area contributed by atoms with Gasteiger partial charge in [0, 0.05) is 4.88 Å². The summed E-state index contributed by atoms with van der Waals surface area (Å²) in [6, 6.07) is 2.58. The summed E-state index contributed by atoms with van der Waals surface area (Å²) in [6.45, 7) is 3.77. The summed E-state index contributed by atoms with van der Waals surface area (Å²) < 4.78 is 0. The van der Waals surface area contributed by atoms with E-state index in [4.69, 9.17) is 5.11 Å². The molecule has 19 heavy (non-hydrogen) atoms. The maximum Gasteiger partial charge on any atom is 0.326 e. The summed E-state index contributed by atoms with van der Waals surface area (Å²) in [6.07, 6.45) is 2.14. The Morgan fingerprint density at radius 2 is 2.11 bits per heavy atom. The van der Waals surface area contributed by atoms with Crippen LogP contribution in [0.4, 0.5) is 4.79 Å². The quantitative estimate of drug-likeness (QED) is 0.720. The van der Waals surface area contributed by atoms with Crippen LogP contribution >= 0.6 is 11.3 Å². The van der Waals surface area contributed by atoms with E-state index in [0.717, 1.165) is 17.7 Å². The van der Waals surface area contributed by atoms with E-state index in [0.29, 0.717) is 6.42 Å². The van der Waals surface area contributed by atoms with Gasteiger partial charge in [0.2, 0.25) is 0 Å². The van der Waals surface area contributed by atoms with E-state index < -0.39 is 18.0 Å². The van der Waals surface area contributed by atoms with E-state index >= 15 is 0 Å². The second kappa shape index (κ2) is 7.78. The van der Waals surface area contributed by atoms with Gasteiger partial charge < -0.3 is 15.7 Å². The number of hydrogen-bond donors (Lipinski definition) is 3. The van der Waals surface area contributed by atoms with Crippen LogP contribution in [0.5, 0.6) is 0 Å². The third kappa shape index (κ3) is 4.90. The van der Waals surface area contributed by atoms with Crippen LogP contribution < -0.4 is 10.6 Å². The lowest BCUT2D eigenvalue weighted by Crippen LogP contribution is -2.46. The third-order valence-corrected chi connectivity index (χ3v) is 3.77. The van der Waals surface area contributed by atoms with Gasteiger partial charge in [-0.05, 0) is 24.3 Å². The van der Waals surface area contributed by atoms with Gasteiger partial charge in [-0.2, -0.15) is 0 Å². The molecular formula is C13H20N2O3S. The summed E-state index contributed by atoms with van der Waals surface area (Å²) in [5, 5.41) is 16.2. The monoisotopic (exact) mass is 284 g/mol. The predicted molar refractivity (Wildman–Crippen MR) is 75.4 cm³/mol. The van der Waals surface area contributed by atoms with Gasteiger partial charge in [0.05, 0.1) is 6.04 Å². The standard InChI is InChI=1S/C13H20N2O3S/c1-3-6-10(11-7-5-8-19-11)15-13(18)14-9(4-2)12(16)17/h5,7-10H,3-4,6H2,1-2H3,(H,16,17)(H2,14,15,18). The van der Waals surface area contributed by atoms with Gasteiger partial charge in [0.1, 0.15) is 6.04 Å². The smallest absolute Gasteiger partial charge is 0.326 e. The van der Waals surface area contributed by atoms with E-state index in [2.05, 4.69) is 10.6 Å². The number of urea groups is 1. The number of carboxylic acid groups (broad SMARTS) is 1. The fourth-order valence-corrected chi connectivity index (χ4v) is 2.57. The normalized spacial score (nSPS) is 13.6. The van der Waals surface area contributed by atoms with Gasteiger partial charge >= 0.3 is 12.0 Å². The molecule has 0 aliphatic carbocycles. The number of rotatable bonds is 7. The molecule has 106 valence electrons. The van der Waals surface area contributed by atoms with Crippen molar-refractivity contribution in [3.05, 3.63) is 22.4 Å². The highest BCUT2D eigenvalue weighted by atomic mass is 32.1. The molecule has 1 heterocycles. The Morgan fingerprint density at radius 3 is 2.58 bits per heavy atom. The number of carbonyl (C=O) groups excluding carboxylic acids is 1. The maximum absolute atomic E-state index is 11.8. The Hall–Kier alpha value is -1.56. The average Bonchev–Trinajstić information content (AvgIpc) is 2.88. The van der Waals surface area contributed by atoms with Crippen molar-refractivity contribution in [3.8, 4) is 0 Å². The topological polar surface area (TPSA) is 78.4 Å². The first kappa shape index (κ1) is 15.5. The Labute approximate surface area is 117 Å². The molecule has 2 amide bonds. The second-order valence-corrected chi connectivity index (χ2v) is 5.25. The van der Waals surface area contributed by atoms with Gasteiger partial charge in [-0.1, -0.05) is 26.3 Å². The van der Waals surface area contributed by atoms with Gasteiger partial charge in [0.25, 0.3) is 0 Å². The fraction of sp³-hybridized carbons (Fsp3) is 0.538. The largest absolute Gasteiger partial charge is 0.480 e. The average molecular weight is 284 g/mol. The van der Waals surface area contributed by atoms with Gasteiger partial charge in [-0.25, -0.2) is 9.59 Å². The Kier molecular flexibility index (Phi) is 6.35. The molecule has 0 radical (unpaired) electrons. The van der Waals surface area contributed by atoms with Crippen molar-refractivity contribution in [1.82, 2.24) is 10.6 Å². The molecular weight excluding hydrogens is 264 g/mol. The molecule has 1 aromatic heterocycles. The Bertz CT molecular complexity index is 406. The minimum absolute atomic E-state index is 0.0590. The van der Waals surface area contributed by atoms with Crippen LogP contribution in [0.1, 0.15) is 44.0 Å². The molecule has 0 saturated heterocycles. The number of carbonyl (C=O) groups is 2. The van der Waals surface area contributed by atoms with Crippen molar-refractivity contribution in [2.45, 2.75) is 45.2 Å². The molecule has 2 atom stereocenters. The van der Waals surface area contributed by atoms with E-state index in [9.17, 15) is 9.59 Å². The molecule has 1 rings (SSSR count). The van der Waals surface area contributed by atoms with Crippen LogP contribution in [0.15, 0.2) is 17.5 Å². The van der Waals surface area contributed by atoms with Crippen molar-refractivity contribution in [2.24, 2.45) is 0 Å². The maximum atomic E-state index is 11.8. The van der Waals surface area contributed by atoms with Gasteiger partial charge in [0.15, 0.2) is 0 Å². The zero-order chi connectivity index (χ0) is 14.3. The van der Waals surface area contributed by atoms with Gasteiger partial charge in [-0.15, -0.1) is 11.3 Å². The summed E-state index contributed by atoms with van der Waals surface area (Å²) in [4.78, 5) is 23.8. The highest BCUT2D eigenvalue weighted by molar-refractivity contribution is 7.10. The minimum Gasteiger partial charge on any atom is -0.480 e. The highest BCUT2D eigenvalue weighted by Crippen LogP contribution is 2.22. The van der Waals surface area contributed by atoms with Crippen molar-refractivity contribution < 1.29 is 14.7 Å². The third-order valence-electron chi connectivity index (χ3n) is 2.78. The first-order valence-electron chi connectivity index (χ1n) is 6.41. The van der Waals surface area contributed by atoms with Gasteiger partial charge in [-0.3, -0.25) is 0 Å². The molecule has 0 fully saturated rings. The summed E-state index contributed by atoms with van der Waals surface area (Å²) in [5.74, 6) is -1.01. The predicted octanol–water partition coefficient (Wildman–Crippen LogP) is 2.75. The number of hydrogen-bond acceptors (Lipinski definition) is 3. The lowest BCUT2D eigenvalue weighted by Gasteiger charge is -2.19. The summed E-state index contributed by atoms with van der Waals surface area (Å²) in [5.41, 5.74) is 0. The van der Waals surface area contributed by atoms with Crippen LogP contribution in [0.3, 0.4) is 0 Å². The molecule has 0 aromatic carbocycles. The lowest BCUT2D eigenvalue weighted by atomic mass is 10.1. The number of thiophene rings is 1. The molecule has 1 aromatic rings. The fourth-order valence-electron chi connectivity index (χ4n) is 1.76. The van der Waals surface area contributed by atoms with Crippen LogP contribution in [-0.4, -0.2) is 23.1 Å². The molecule has 0 spiro atoms. The van der Waals surface area contributed by atoms with Crippen LogP contribution in [0.25, 0.3) is 0 Å². The molecule has 0 saturated carbocycles. The first-order valence-corrected chi connectivity index (χ1v) is 7.29. The van der Waals surface area contributed by atoms with Crippen molar-refractivity contribution >= 4 is 23.3 Å². The molecule has 5 nitrogen and oxygen atoms in total. The first-order chi connectivity index (χ1) is 9.08. The van der Waals surface area contributed by atoms with Crippen molar-refractivity contribution in [2.75, 3.05) is 0 Å². The van der Waals surface area contributed by atoms with E-state index in [1.807, 2.05) is 24.4 Å². The molecule has 6 heteroatoms. The van der Waals surface area contributed by atoms with E-state index in [1.165, 1.54) is 0 Å². The van der Waals surface area contributed by atoms with E-state index in [-0.39, 0.29) is 6.04 Å². The molecule has 3 N–H and O–H groups in total. The number of nitrogens with one attached hydrogen (secondary N) is 2. The molecule has 2 unspecified atom stereocenters. The molecule has 0 aliphatic rings. The van der Waals surface area contributed by atoms with Crippen LogP contribution in [0, 0.1) is 0 Å². The van der Waals surface area contributed by atoms with Crippen LogP contribution in [0.2, 0.25) is 0 Å². The zero-order valence-electron chi connectivity index (χ0n) is 11.2. The molecule has 0 aliphatic heterocycles. The lowest BCUT2D eigenvalue weighted by molar-refractivity contribution is -0.139.